The number of carbonyl (C=O) groups excluding carboxylic acids is 1. The highest BCUT2D eigenvalue weighted by molar-refractivity contribution is 5.93. The SMILES string of the molecule is O=C(NC[C@@H]1CCOC1)c1cc(-c2ccccc2)on1. The van der Waals surface area contributed by atoms with E-state index >= 15 is 0 Å². The molecule has 1 aromatic carbocycles. The van der Waals surface area contributed by atoms with E-state index in [1.165, 1.54) is 0 Å². The van der Waals surface area contributed by atoms with Crippen molar-refractivity contribution in [3.63, 3.8) is 0 Å². The number of hydrogen-bond acceptors (Lipinski definition) is 4. The Bertz CT molecular complexity index is 574. The Labute approximate surface area is 116 Å². The van der Waals surface area contributed by atoms with Crippen molar-refractivity contribution in [3.05, 3.63) is 42.1 Å². The summed E-state index contributed by atoms with van der Waals surface area (Å²) < 4.78 is 10.5. The number of benzene rings is 1. The van der Waals surface area contributed by atoms with E-state index in [1.54, 1.807) is 6.07 Å². The summed E-state index contributed by atoms with van der Waals surface area (Å²) in [6.45, 7) is 2.11. The first-order chi connectivity index (χ1) is 9.83. The molecule has 104 valence electrons. The molecule has 5 heteroatoms. The molecule has 1 amide bonds. The molecule has 0 aliphatic carbocycles. The van der Waals surface area contributed by atoms with Crippen LogP contribution < -0.4 is 5.32 Å². The summed E-state index contributed by atoms with van der Waals surface area (Å²) >= 11 is 0. The average Bonchev–Trinajstić information content (AvgIpc) is 3.17. The molecule has 2 heterocycles. The molecule has 1 aliphatic rings. The highest BCUT2D eigenvalue weighted by Gasteiger charge is 2.18. The highest BCUT2D eigenvalue weighted by atomic mass is 16.5. The van der Waals surface area contributed by atoms with Gasteiger partial charge in [0.05, 0.1) is 6.61 Å². The molecule has 3 rings (SSSR count). The van der Waals surface area contributed by atoms with E-state index in [0.29, 0.717) is 30.5 Å². The Hall–Kier alpha value is -2.14. The number of hydrogen-bond donors (Lipinski definition) is 1. The summed E-state index contributed by atoms with van der Waals surface area (Å²) in [5, 5.41) is 6.68. The van der Waals surface area contributed by atoms with Gasteiger partial charge in [-0.25, -0.2) is 0 Å². The second kappa shape index (κ2) is 5.88. The van der Waals surface area contributed by atoms with Gasteiger partial charge >= 0.3 is 0 Å². The average molecular weight is 272 g/mol. The van der Waals surface area contributed by atoms with Crippen molar-refractivity contribution >= 4 is 5.91 Å². The van der Waals surface area contributed by atoms with Crippen molar-refractivity contribution in [3.8, 4) is 11.3 Å². The normalized spacial score (nSPS) is 18.1. The van der Waals surface area contributed by atoms with Crippen molar-refractivity contribution in [2.45, 2.75) is 6.42 Å². The van der Waals surface area contributed by atoms with Gasteiger partial charge < -0.3 is 14.6 Å². The number of amides is 1. The molecule has 0 saturated carbocycles. The van der Waals surface area contributed by atoms with Crippen molar-refractivity contribution in [1.82, 2.24) is 10.5 Å². The van der Waals surface area contributed by atoms with Crippen LogP contribution in [0.25, 0.3) is 11.3 Å². The smallest absolute Gasteiger partial charge is 0.273 e. The lowest BCUT2D eigenvalue weighted by atomic mass is 10.1. The molecule has 0 spiro atoms. The molecule has 1 atom stereocenters. The molecule has 0 unspecified atom stereocenters. The Morgan fingerprint density at radius 3 is 2.95 bits per heavy atom. The topological polar surface area (TPSA) is 64.4 Å². The van der Waals surface area contributed by atoms with Gasteiger partial charge in [-0.3, -0.25) is 4.79 Å². The molecule has 0 radical (unpaired) electrons. The predicted octanol–water partition coefficient (Wildman–Crippen LogP) is 2.11. The van der Waals surface area contributed by atoms with Gasteiger partial charge in [0.25, 0.3) is 5.91 Å². The van der Waals surface area contributed by atoms with E-state index in [2.05, 4.69) is 10.5 Å². The number of ether oxygens (including phenoxy) is 1. The first-order valence-corrected chi connectivity index (χ1v) is 6.71. The molecule has 0 bridgehead atoms. The minimum absolute atomic E-state index is 0.206. The van der Waals surface area contributed by atoms with Crippen LogP contribution in [0.3, 0.4) is 0 Å². The zero-order valence-electron chi connectivity index (χ0n) is 11.0. The second-order valence-corrected chi connectivity index (χ2v) is 4.88. The van der Waals surface area contributed by atoms with Crippen LogP contribution in [0, 0.1) is 5.92 Å². The van der Waals surface area contributed by atoms with Crippen LogP contribution in [0.5, 0.6) is 0 Å². The molecule has 1 fully saturated rings. The Morgan fingerprint density at radius 1 is 1.35 bits per heavy atom. The molecule has 5 nitrogen and oxygen atoms in total. The predicted molar refractivity (Wildman–Crippen MR) is 73.2 cm³/mol. The summed E-state index contributed by atoms with van der Waals surface area (Å²) in [6, 6.07) is 11.2. The number of aromatic nitrogens is 1. The van der Waals surface area contributed by atoms with Gasteiger partial charge in [-0.15, -0.1) is 0 Å². The van der Waals surface area contributed by atoms with Crippen LogP contribution in [-0.4, -0.2) is 30.8 Å². The van der Waals surface area contributed by atoms with Crippen molar-refractivity contribution < 1.29 is 14.1 Å². The zero-order chi connectivity index (χ0) is 13.8. The van der Waals surface area contributed by atoms with E-state index in [9.17, 15) is 4.79 Å². The largest absolute Gasteiger partial charge is 0.381 e. The Morgan fingerprint density at radius 2 is 2.20 bits per heavy atom. The summed E-state index contributed by atoms with van der Waals surface area (Å²) in [5.74, 6) is 0.794. The third-order valence-electron chi connectivity index (χ3n) is 3.38. The van der Waals surface area contributed by atoms with Gasteiger partial charge in [0.15, 0.2) is 11.5 Å². The van der Waals surface area contributed by atoms with Gasteiger partial charge in [0.1, 0.15) is 0 Å². The van der Waals surface area contributed by atoms with Crippen LogP contribution >= 0.6 is 0 Å². The molecule has 1 N–H and O–H groups in total. The first-order valence-electron chi connectivity index (χ1n) is 6.71. The van der Waals surface area contributed by atoms with Crippen LogP contribution in [0.15, 0.2) is 40.9 Å². The molecule has 1 saturated heterocycles. The van der Waals surface area contributed by atoms with Gasteiger partial charge in [0, 0.05) is 30.7 Å². The summed E-state index contributed by atoms with van der Waals surface area (Å²) in [6.07, 6.45) is 0.994. The van der Waals surface area contributed by atoms with Crippen molar-refractivity contribution in [1.29, 1.82) is 0 Å². The van der Waals surface area contributed by atoms with E-state index in [0.717, 1.165) is 18.6 Å². The van der Waals surface area contributed by atoms with Gasteiger partial charge in [-0.1, -0.05) is 35.5 Å². The maximum absolute atomic E-state index is 12.0. The van der Waals surface area contributed by atoms with Gasteiger partial charge in [0.2, 0.25) is 0 Å². The third kappa shape index (κ3) is 2.88. The molecule has 2 aromatic rings. The fourth-order valence-electron chi connectivity index (χ4n) is 2.19. The second-order valence-electron chi connectivity index (χ2n) is 4.88. The Kier molecular flexibility index (Phi) is 3.78. The molecular weight excluding hydrogens is 256 g/mol. The molecule has 1 aromatic heterocycles. The minimum atomic E-state index is -0.206. The minimum Gasteiger partial charge on any atom is -0.381 e. The van der Waals surface area contributed by atoms with E-state index < -0.39 is 0 Å². The third-order valence-corrected chi connectivity index (χ3v) is 3.38. The molecular formula is C15H16N2O3. The van der Waals surface area contributed by atoms with Crippen molar-refractivity contribution in [2.75, 3.05) is 19.8 Å². The summed E-state index contributed by atoms with van der Waals surface area (Å²) in [4.78, 5) is 12.0. The van der Waals surface area contributed by atoms with E-state index in [1.807, 2.05) is 30.3 Å². The maximum Gasteiger partial charge on any atom is 0.273 e. The zero-order valence-corrected chi connectivity index (χ0v) is 11.0. The van der Waals surface area contributed by atoms with Crippen LogP contribution in [0.1, 0.15) is 16.9 Å². The fourth-order valence-corrected chi connectivity index (χ4v) is 2.19. The highest BCUT2D eigenvalue weighted by Crippen LogP contribution is 2.19. The number of carbonyl (C=O) groups is 1. The van der Waals surface area contributed by atoms with Gasteiger partial charge in [-0.05, 0) is 6.42 Å². The number of nitrogens with zero attached hydrogens (tertiary/aromatic N) is 1. The van der Waals surface area contributed by atoms with Crippen molar-refractivity contribution in [2.24, 2.45) is 5.92 Å². The van der Waals surface area contributed by atoms with Crippen LogP contribution in [0.4, 0.5) is 0 Å². The molecule has 20 heavy (non-hydrogen) atoms. The van der Waals surface area contributed by atoms with Gasteiger partial charge in [-0.2, -0.15) is 0 Å². The fraction of sp³-hybridized carbons (Fsp3) is 0.333. The lowest BCUT2D eigenvalue weighted by Crippen LogP contribution is -2.29. The van der Waals surface area contributed by atoms with E-state index in [-0.39, 0.29) is 5.91 Å². The Balaban J connectivity index is 1.62. The summed E-state index contributed by atoms with van der Waals surface area (Å²) in [5.41, 5.74) is 1.21. The summed E-state index contributed by atoms with van der Waals surface area (Å²) in [7, 11) is 0. The quantitative estimate of drug-likeness (QED) is 0.925. The molecule has 1 aliphatic heterocycles. The number of nitrogens with one attached hydrogen (secondary N) is 1. The number of rotatable bonds is 4. The monoisotopic (exact) mass is 272 g/mol. The lowest BCUT2D eigenvalue weighted by Gasteiger charge is -2.07. The maximum atomic E-state index is 12.0. The van der Waals surface area contributed by atoms with Crippen LogP contribution in [0.2, 0.25) is 0 Å². The van der Waals surface area contributed by atoms with E-state index in [4.69, 9.17) is 9.26 Å². The standard InChI is InChI=1S/C15H16N2O3/c18-15(16-9-11-6-7-19-10-11)13-8-14(20-17-13)12-4-2-1-3-5-12/h1-5,8,11H,6-7,9-10H2,(H,16,18)/t11-/m0/s1. The van der Waals surface area contributed by atoms with Crippen LogP contribution in [-0.2, 0) is 4.74 Å². The lowest BCUT2D eigenvalue weighted by molar-refractivity contribution is 0.0936. The first kappa shape index (κ1) is 12.9.